The highest BCUT2D eigenvalue weighted by molar-refractivity contribution is 5.98. The first kappa shape index (κ1) is 18.6. The summed E-state index contributed by atoms with van der Waals surface area (Å²) in [6.07, 6.45) is -4.38. The van der Waals surface area contributed by atoms with Crippen LogP contribution in [-0.4, -0.2) is 11.4 Å². The highest BCUT2D eigenvalue weighted by Crippen LogP contribution is 2.38. The van der Waals surface area contributed by atoms with Crippen molar-refractivity contribution in [3.63, 3.8) is 0 Å². The predicted octanol–water partition coefficient (Wildman–Crippen LogP) is 4.87. The molecule has 3 rings (SSSR count). The van der Waals surface area contributed by atoms with Gasteiger partial charge in [-0.25, -0.2) is 0 Å². The van der Waals surface area contributed by atoms with Crippen LogP contribution in [0.15, 0.2) is 58.8 Å². The lowest BCUT2D eigenvalue weighted by Gasteiger charge is -2.20. The monoisotopic (exact) mass is 372 g/mol. The molecular weight excluding hydrogens is 357 g/mol. The number of alkyl halides is 3. The van der Waals surface area contributed by atoms with Crippen molar-refractivity contribution in [1.29, 1.82) is 5.26 Å². The molecule has 1 aliphatic heterocycles. The predicted molar refractivity (Wildman–Crippen MR) is 91.8 cm³/mol. The Morgan fingerprint density at radius 1 is 1.26 bits per heavy atom. The van der Waals surface area contributed by atoms with E-state index >= 15 is 0 Å². The number of nitrogens with zero attached hydrogens (tertiary/aromatic N) is 3. The first-order valence-electron chi connectivity index (χ1n) is 8.13. The van der Waals surface area contributed by atoms with Gasteiger partial charge in [-0.15, -0.1) is 0 Å². The summed E-state index contributed by atoms with van der Waals surface area (Å²) >= 11 is 0. The molecule has 27 heavy (non-hydrogen) atoms. The molecule has 0 saturated heterocycles. The third-order valence-electron chi connectivity index (χ3n) is 4.39. The lowest BCUT2D eigenvalue weighted by Crippen LogP contribution is -2.37. The Labute approximate surface area is 153 Å². The Bertz CT molecular complexity index is 934. The number of amides is 1. The highest BCUT2D eigenvalue weighted by atomic mass is 19.4. The molecule has 0 radical (unpaired) electrons. The van der Waals surface area contributed by atoms with Gasteiger partial charge in [0, 0.05) is 12.1 Å². The number of benzene rings is 2. The number of carbonyl (C=O) groups excluding carboxylic acids is 1. The van der Waals surface area contributed by atoms with Crippen LogP contribution in [0.5, 0.6) is 0 Å². The third kappa shape index (κ3) is 3.82. The third-order valence-corrected chi connectivity index (χ3v) is 4.39. The van der Waals surface area contributed by atoms with E-state index in [0.717, 1.165) is 17.7 Å². The van der Waals surface area contributed by atoms with Crippen LogP contribution in [0, 0.1) is 11.3 Å². The number of hydrogen-bond donors (Lipinski definition) is 1. The van der Waals surface area contributed by atoms with Crippen LogP contribution in [0.3, 0.4) is 0 Å². The maximum absolute atomic E-state index is 13.1. The lowest BCUT2D eigenvalue weighted by molar-refractivity contribution is -0.137. The smallest absolute Gasteiger partial charge is 0.324 e. The van der Waals surface area contributed by atoms with E-state index in [1.807, 2.05) is 30.3 Å². The first-order chi connectivity index (χ1) is 12.7. The minimum absolute atomic E-state index is 0.0501. The SMILES string of the molecule is CC1(C(=O)Nc2ccc(C#N)c(C(F)(F)F)c2)CC(c2ccccc2)N=N1. The molecule has 2 atom stereocenters. The number of nitrogens with one attached hydrogen (secondary N) is 1. The fraction of sp³-hybridized carbons (Fsp3) is 0.263. The van der Waals surface area contributed by atoms with Gasteiger partial charge < -0.3 is 5.32 Å². The summed E-state index contributed by atoms with van der Waals surface area (Å²) in [7, 11) is 0. The van der Waals surface area contributed by atoms with Crippen molar-refractivity contribution in [3.8, 4) is 6.07 Å². The van der Waals surface area contributed by atoms with Gasteiger partial charge in [0.05, 0.1) is 23.2 Å². The average Bonchev–Trinajstić information content (AvgIpc) is 3.05. The summed E-state index contributed by atoms with van der Waals surface area (Å²) in [6.45, 7) is 1.59. The Morgan fingerprint density at radius 2 is 1.96 bits per heavy atom. The molecule has 1 aliphatic rings. The van der Waals surface area contributed by atoms with E-state index in [0.29, 0.717) is 6.42 Å². The summed E-state index contributed by atoms with van der Waals surface area (Å²) in [5.41, 5.74) is -1.92. The van der Waals surface area contributed by atoms with E-state index in [4.69, 9.17) is 5.26 Å². The largest absolute Gasteiger partial charge is 0.417 e. The van der Waals surface area contributed by atoms with Crippen LogP contribution in [0.1, 0.15) is 36.1 Å². The standard InChI is InChI=1S/C19H15F3N4O/c1-18(10-16(25-26-18)12-5-3-2-4-6-12)17(27)24-14-8-7-13(11-23)15(9-14)19(20,21)22/h2-9,16H,10H2,1H3,(H,24,27). The zero-order chi connectivity index (χ0) is 19.7. The molecule has 2 aromatic carbocycles. The van der Waals surface area contributed by atoms with E-state index in [1.54, 1.807) is 6.92 Å². The second-order valence-electron chi connectivity index (χ2n) is 6.44. The number of rotatable bonds is 3. The minimum atomic E-state index is -4.69. The summed E-state index contributed by atoms with van der Waals surface area (Å²) in [5.74, 6) is -0.553. The Hall–Kier alpha value is -3.21. The molecule has 5 nitrogen and oxygen atoms in total. The van der Waals surface area contributed by atoms with E-state index < -0.39 is 28.7 Å². The van der Waals surface area contributed by atoms with Gasteiger partial charge >= 0.3 is 6.18 Å². The van der Waals surface area contributed by atoms with Gasteiger partial charge in [0.2, 0.25) is 0 Å². The molecule has 0 fully saturated rings. The van der Waals surface area contributed by atoms with Gasteiger partial charge in [-0.05, 0) is 30.7 Å². The second-order valence-corrected chi connectivity index (χ2v) is 6.44. The summed E-state index contributed by atoms with van der Waals surface area (Å²) < 4.78 is 39.2. The zero-order valence-corrected chi connectivity index (χ0v) is 14.3. The fourth-order valence-corrected chi connectivity index (χ4v) is 2.87. The lowest BCUT2D eigenvalue weighted by atomic mass is 9.91. The van der Waals surface area contributed by atoms with Gasteiger partial charge in [-0.2, -0.15) is 28.7 Å². The average molecular weight is 372 g/mol. The van der Waals surface area contributed by atoms with Crippen LogP contribution in [0.25, 0.3) is 0 Å². The fourth-order valence-electron chi connectivity index (χ4n) is 2.87. The molecule has 2 aromatic rings. The quantitative estimate of drug-likeness (QED) is 0.834. The van der Waals surface area contributed by atoms with Crippen LogP contribution in [-0.2, 0) is 11.0 Å². The molecule has 1 heterocycles. The molecule has 2 unspecified atom stereocenters. The van der Waals surface area contributed by atoms with Gasteiger partial charge in [0.25, 0.3) is 5.91 Å². The highest BCUT2D eigenvalue weighted by Gasteiger charge is 2.41. The second kappa shape index (κ2) is 6.83. The normalized spacial score (nSPS) is 21.7. The molecule has 1 N–H and O–H groups in total. The van der Waals surface area contributed by atoms with Gasteiger partial charge in [-0.3, -0.25) is 4.79 Å². The molecule has 8 heteroatoms. The molecule has 138 valence electrons. The van der Waals surface area contributed by atoms with E-state index in [9.17, 15) is 18.0 Å². The van der Waals surface area contributed by atoms with Gasteiger partial charge in [-0.1, -0.05) is 30.3 Å². The van der Waals surface area contributed by atoms with Crippen LogP contribution >= 0.6 is 0 Å². The van der Waals surface area contributed by atoms with Crippen molar-refractivity contribution in [2.45, 2.75) is 31.1 Å². The molecule has 0 bridgehead atoms. The summed E-state index contributed by atoms with van der Waals surface area (Å²) in [4.78, 5) is 12.6. The van der Waals surface area contributed by atoms with Crippen molar-refractivity contribution >= 4 is 11.6 Å². The molecule has 0 aliphatic carbocycles. The number of nitriles is 1. The zero-order valence-electron chi connectivity index (χ0n) is 14.3. The minimum Gasteiger partial charge on any atom is -0.324 e. The van der Waals surface area contributed by atoms with Crippen molar-refractivity contribution < 1.29 is 18.0 Å². The van der Waals surface area contributed by atoms with Gasteiger partial charge in [0.1, 0.15) is 0 Å². The maximum atomic E-state index is 13.1. The molecule has 1 amide bonds. The number of hydrogen-bond acceptors (Lipinski definition) is 4. The van der Waals surface area contributed by atoms with E-state index in [-0.39, 0.29) is 11.7 Å². The number of azo groups is 1. The Morgan fingerprint density at radius 3 is 2.59 bits per heavy atom. The Balaban J connectivity index is 1.78. The Kier molecular flexibility index (Phi) is 4.70. The summed E-state index contributed by atoms with van der Waals surface area (Å²) in [5, 5.41) is 19.5. The maximum Gasteiger partial charge on any atom is 0.417 e. The van der Waals surface area contributed by atoms with Crippen molar-refractivity contribution in [2.24, 2.45) is 10.2 Å². The number of halogens is 3. The number of anilines is 1. The van der Waals surface area contributed by atoms with E-state index in [2.05, 4.69) is 15.5 Å². The first-order valence-corrected chi connectivity index (χ1v) is 8.13. The van der Waals surface area contributed by atoms with E-state index in [1.165, 1.54) is 12.1 Å². The van der Waals surface area contributed by atoms with Crippen molar-refractivity contribution in [3.05, 3.63) is 65.2 Å². The van der Waals surface area contributed by atoms with Crippen LogP contribution in [0.4, 0.5) is 18.9 Å². The molecule has 0 spiro atoms. The number of carbonyl (C=O) groups is 1. The summed E-state index contributed by atoms with van der Waals surface area (Å²) in [6, 6.07) is 13.6. The van der Waals surface area contributed by atoms with Crippen molar-refractivity contribution in [1.82, 2.24) is 0 Å². The molecule has 0 saturated carbocycles. The van der Waals surface area contributed by atoms with Crippen LogP contribution < -0.4 is 5.32 Å². The van der Waals surface area contributed by atoms with Gasteiger partial charge in [0.15, 0.2) is 5.54 Å². The molecular formula is C19H15F3N4O. The van der Waals surface area contributed by atoms with Crippen LogP contribution in [0.2, 0.25) is 0 Å². The van der Waals surface area contributed by atoms with Crippen molar-refractivity contribution in [2.75, 3.05) is 5.32 Å². The topological polar surface area (TPSA) is 77.6 Å². The molecule has 0 aromatic heterocycles.